The Morgan fingerprint density at radius 1 is 0.946 bits per heavy atom. The lowest BCUT2D eigenvalue weighted by molar-refractivity contribution is 0.0621. The van der Waals surface area contributed by atoms with Gasteiger partial charge >= 0.3 is 0 Å². The van der Waals surface area contributed by atoms with Crippen molar-refractivity contribution in [2.24, 2.45) is 0 Å². The van der Waals surface area contributed by atoms with Gasteiger partial charge in [0.05, 0.1) is 25.2 Å². The van der Waals surface area contributed by atoms with E-state index in [9.17, 15) is 0 Å². The lowest BCUT2D eigenvalue weighted by Gasteiger charge is -2.43. The third-order valence-electron chi connectivity index (χ3n) is 8.04. The van der Waals surface area contributed by atoms with E-state index in [1.54, 1.807) is 7.11 Å². The lowest BCUT2D eigenvalue weighted by atomic mass is 9.93. The maximum Gasteiger partial charge on any atom is 0.173 e. The van der Waals surface area contributed by atoms with E-state index in [-0.39, 0.29) is 6.04 Å². The number of nitrogens with zero attached hydrogens (tertiary/aromatic N) is 7. The van der Waals surface area contributed by atoms with E-state index in [0.717, 1.165) is 60.3 Å². The van der Waals surface area contributed by atoms with Crippen LogP contribution in [-0.2, 0) is 6.54 Å². The summed E-state index contributed by atoms with van der Waals surface area (Å²) in [7, 11) is 1.69. The standard InChI is InChI=1S/C29H35N7O/c1-37-26-12-9-22(10-13-26)21-36-29(31-32-33-36)28(24-11-14-27-23(20-24)6-5-15-30-27)35-18-16-34(17-19-35)25-7-3-2-4-8-25/h5-6,9-15,20,25,28H,2-4,7-8,16-19,21H2,1H3/t28-/m0/s1. The molecule has 192 valence electrons. The van der Waals surface area contributed by atoms with Crippen LogP contribution in [0.1, 0.15) is 55.1 Å². The summed E-state index contributed by atoms with van der Waals surface area (Å²) in [6.07, 6.45) is 8.69. The van der Waals surface area contributed by atoms with Crippen molar-refractivity contribution in [3.8, 4) is 5.75 Å². The van der Waals surface area contributed by atoms with Gasteiger partial charge in [-0.1, -0.05) is 43.5 Å². The highest BCUT2D eigenvalue weighted by molar-refractivity contribution is 5.79. The topological polar surface area (TPSA) is 72.2 Å². The van der Waals surface area contributed by atoms with Crippen LogP contribution in [0, 0.1) is 0 Å². The van der Waals surface area contributed by atoms with E-state index < -0.39 is 0 Å². The summed E-state index contributed by atoms with van der Waals surface area (Å²) >= 11 is 0. The van der Waals surface area contributed by atoms with Gasteiger partial charge in [0.15, 0.2) is 5.82 Å². The van der Waals surface area contributed by atoms with Crippen molar-refractivity contribution < 1.29 is 4.74 Å². The molecule has 8 nitrogen and oxygen atoms in total. The van der Waals surface area contributed by atoms with Gasteiger partial charge in [-0.3, -0.25) is 14.8 Å². The van der Waals surface area contributed by atoms with E-state index in [1.165, 1.54) is 37.7 Å². The minimum absolute atomic E-state index is 0.0219. The van der Waals surface area contributed by atoms with E-state index in [0.29, 0.717) is 6.54 Å². The van der Waals surface area contributed by atoms with Crippen LogP contribution < -0.4 is 4.74 Å². The van der Waals surface area contributed by atoms with Gasteiger partial charge < -0.3 is 4.74 Å². The van der Waals surface area contributed by atoms with Crippen molar-refractivity contribution in [1.29, 1.82) is 0 Å². The number of benzene rings is 2. The second kappa shape index (κ2) is 10.9. The number of hydrogen-bond acceptors (Lipinski definition) is 7. The highest BCUT2D eigenvalue weighted by Crippen LogP contribution is 2.32. The van der Waals surface area contributed by atoms with Gasteiger partial charge in [0.2, 0.25) is 0 Å². The first-order chi connectivity index (χ1) is 18.3. The molecule has 1 aliphatic carbocycles. The van der Waals surface area contributed by atoms with Gasteiger partial charge in [-0.05, 0) is 64.7 Å². The molecule has 0 spiro atoms. The highest BCUT2D eigenvalue weighted by Gasteiger charge is 2.33. The van der Waals surface area contributed by atoms with Gasteiger partial charge in [0.25, 0.3) is 0 Å². The van der Waals surface area contributed by atoms with Gasteiger partial charge in [-0.15, -0.1) is 5.10 Å². The number of tetrazole rings is 1. The molecule has 0 amide bonds. The first-order valence-corrected chi connectivity index (χ1v) is 13.5. The van der Waals surface area contributed by atoms with Crippen LogP contribution in [0.3, 0.4) is 0 Å². The van der Waals surface area contributed by atoms with Crippen LogP contribution in [0.2, 0.25) is 0 Å². The van der Waals surface area contributed by atoms with Gasteiger partial charge in [-0.25, -0.2) is 4.68 Å². The molecule has 0 unspecified atom stereocenters. The summed E-state index contributed by atoms with van der Waals surface area (Å²) in [5.74, 6) is 1.73. The quantitative estimate of drug-likeness (QED) is 0.377. The van der Waals surface area contributed by atoms with Crippen LogP contribution in [-0.4, -0.2) is 74.3 Å². The summed E-state index contributed by atoms with van der Waals surface area (Å²) in [4.78, 5) is 9.81. The van der Waals surface area contributed by atoms with Crippen LogP contribution in [0.4, 0.5) is 0 Å². The van der Waals surface area contributed by atoms with E-state index in [2.05, 4.69) is 66.7 Å². The fourth-order valence-corrected chi connectivity index (χ4v) is 6.02. The van der Waals surface area contributed by atoms with Crippen molar-refractivity contribution in [2.75, 3.05) is 33.3 Å². The van der Waals surface area contributed by atoms with Crippen molar-refractivity contribution in [3.05, 3.63) is 77.7 Å². The van der Waals surface area contributed by atoms with Crippen molar-refractivity contribution in [1.82, 2.24) is 35.0 Å². The molecule has 1 saturated carbocycles. The average molecular weight is 498 g/mol. The Morgan fingerprint density at radius 2 is 1.76 bits per heavy atom. The summed E-state index contributed by atoms with van der Waals surface area (Å²) in [6.45, 7) is 4.80. The Balaban J connectivity index is 1.30. The SMILES string of the molecule is COc1ccc(Cn2nnnc2[C@H](c2ccc3ncccc3c2)N2CCN(C3CCCCC3)CC2)cc1. The number of methoxy groups -OCH3 is 1. The Bertz CT molecular complexity index is 1310. The normalized spacial score (nSPS) is 18.7. The molecule has 1 atom stereocenters. The van der Waals surface area contributed by atoms with Crippen LogP contribution in [0.5, 0.6) is 5.75 Å². The van der Waals surface area contributed by atoms with Crippen molar-refractivity contribution in [2.45, 2.75) is 50.7 Å². The van der Waals surface area contributed by atoms with Gasteiger partial charge in [0.1, 0.15) is 5.75 Å². The average Bonchev–Trinajstić information content (AvgIpc) is 3.42. The molecule has 0 bridgehead atoms. The molecule has 6 rings (SSSR count). The number of piperazine rings is 1. The molecule has 3 heterocycles. The fourth-order valence-electron chi connectivity index (χ4n) is 6.02. The molecule has 1 aliphatic heterocycles. The zero-order chi connectivity index (χ0) is 25.0. The molecular formula is C29H35N7O. The summed E-state index contributed by atoms with van der Waals surface area (Å²) in [6, 6.07) is 19.5. The number of hydrogen-bond donors (Lipinski definition) is 0. The third kappa shape index (κ3) is 5.22. The molecule has 8 heteroatoms. The molecule has 37 heavy (non-hydrogen) atoms. The second-order valence-electron chi connectivity index (χ2n) is 10.3. The number of rotatable bonds is 7. The monoisotopic (exact) mass is 497 g/mol. The first kappa shape index (κ1) is 24.0. The van der Waals surface area contributed by atoms with Crippen LogP contribution in [0.25, 0.3) is 10.9 Å². The molecule has 2 fully saturated rings. The molecule has 2 aliphatic rings. The molecule has 2 aromatic heterocycles. The fraction of sp³-hybridized carbons (Fsp3) is 0.448. The third-order valence-corrected chi connectivity index (χ3v) is 8.04. The molecule has 0 N–H and O–H groups in total. The number of pyridine rings is 1. The summed E-state index contributed by atoms with van der Waals surface area (Å²) < 4.78 is 7.28. The van der Waals surface area contributed by atoms with Gasteiger partial charge in [0, 0.05) is 43.8 Å². The lowest BCUT2D eigenvalue weighted by Crippen LogP contribution is -2.52. The van der Waals surface area contributed by atoms with Crippen molar-refractivity contribution in [3.63, 3.8) is 0 Å². The predicted octanol–water partition coefficient (Wildman–Crippen LogP) is 4.32. The zero-order valence-electron chi connectivity index (χ0n) is 21.5. The Labute approximate surface area is 218 Å². The Hall–Kier alpha value is -3.36. The largest absolute Gasteiger partial charge is 0.497 e. The molecule has 1 saturated heterocycles. The number of aromatic nitrogens is 5. The Morgan fingerprint density at radius 3 is 2.54 bits per heavy atom. The maximum atomic E-state index is 5.33. The second-order valence-corrected chi connectivity index (χ2v) is 10.3. The smallest absolute Gasteiger partial charge is 0.173 e. The minimum Gasteiger partial charge on any atom is -0.497 e. The minimum atomic E-state index is -0.0219. The first-order valence-electron chi connectivity index (χ1n) is 13.5. The van der Waals surface area contributed by atoms with E-state index in [1.807, 2.05) is 29.1 Å². The molecule has 0 radical (unpaired) electrons. The van der Waals surface area contributed by atoms with E-state index >= 15 is 0 Å². The van der Waals surface area contributed by atoms with Crippen molar-refractivity contribution >= 4 is 10.9 Å². The van der Waals surface area contributed by atoms with Crippen LogP contribution in [0.15, 0.2) is 60.8 Å². The highest BCUT2D eigenvalue weighted by atomic mass is 16.5. The van der Waals surface area contributed by atoms with Crippen LogP contribution >= 0.6 is 0 Å². The number of ether oxygens (including phenoxy) is 1. The molecule has 2 aromatic carbocycles. The summed E-state index contributed by atoms with van der Waals surface area (Å²) in [5, 5.41) is 14.3. The zero-order valence-corrected chi connectivity index (χ0v) is 21.5. The maximum absolute atomic E-state index is 5.33. The van der Waals surface area contributed by atoms with Gasteiger partial charge in [-0.2, -0.15) is 0 Å². The molecular weight excluding hydrogens is 462 g/mol. The molecule has 4 aromatic rings. The predicted molar refractivity (Wildman–Crippen MR) is 144 cm³/mol. The summed E-state index contributed by atoms with van der Waals surface area (Å²) in [5.41, 5.74) is 3.35. The Kier molecular flexibility index (Phi) is 7.10. The van der Waals surface area contributed by atoms with E-state index in [4.69, 9.17) is 4.74 Å². The number of fused-ring (bicyclic) bond motifs is 1.